The summed E-state index contributed by atoms with van der Waals surface area (Å²) >= 11 is 0. The topological polar surface area (TPSA) is 151 Å². The molecule has 25 heavy (non-hydrogen) atoms. The van der Waals surface area contributed by atoms with Crippen molar-refractivity contribution in [3.8, 4) is 0 Å². The van der Waals surface area contributed by atoms with Gasteiger partial charge in [-0.1, -0.05) is 35.5 Å². The highest BCUT2D eigenvalue weighted by Gasteiger charge is 2.58. The summed E-state index contributed by atoms with van der Waals surface area (Å²) < 4.78 is 5.42. The van der Waals surface area contributed by atoms with Crippen LogP contribution in [0, 0.1) is 10.3 Å². The maximum Gasteiger partial charge on any atom is 0.238 e. The van der Waals surface area contributed by atoms with Crippen LogP contribution in [0.3, 0.4) is 0 Å². The Morgan fingerprint density at radius 1 is 1.36 bits per heavy atom. The Labute approximate surface area is 144 Å². The van der Waals surface area contributed by atoms with E-state index in [0.29, 0.717) is 5.56 Å². The fourth-order valence-electron chi connectivity index (χ4n) is 3.15. The Morgan fingerprint density at radius 2 is 2.00 bits per heavy atom. The van der Waals surface area contributed by atoms with Crippen LogP contribution in [-0.4, -0.2) is 60.0 Å². The lowest BCUT2D eigenvalue weighted by Gasteiger charge is -2.43. The van der Waals surface area contributed by atoms with Crippen LogP contribution in [0.25, 0.3) is 0 Å². The van der Waals surface area contributed by atoms with Gasteiger partial charge in [-0.3, -0.25) is 9.59 Å². The second kappa shape index (κ2) is 7.68. The fourth-order valence-corrected chi connectivity index (χ4v) is 3.15. The molecule has 2 rings (SSSR count). The number of primary amides is 1. The smallest absolute Gasteiger partial charge is 0.238 e. The quantitative estimate of drug-likeness (QED) is 0.369. The number of hydrogen-bond acceptors (Lipinski definition) is 7. The highest BCUT2D eigenvalue weighted by atomic mass is 16.5. The number of nitrogens with two attached hydrogens (primary N) is 1. The lowest BCUT2D eigenvalue weighted by atomic mass is 9.70. The van der Waals surface area contributed by atoms with Crippen LogP contribution < -0.4 is 11.1 Å². The van der Waals surface area contributed by atoms with Crippen molar-refractivity contribution in [1.82, 2.24) is 5.32 Å². The van der Waals surface area contributed by atoms with Crippen LogP contribution in [0.2, 0.25) is 0 Å². The first-order valence-corrected chi connectivity index (χ1v) is 7.74. The summed E-state index contributed by atoms with van der Waals surface area (Å²) in [4.78, 5) is 36.3. The van der Waals surface area contributed by atoms with Crippen LogP contribution >= 0.6 is 0 Å². The number of aliphatic hydroxyl groups is 2. The first-order chi connectivity index (χ1) is 11.9. The third-order valence-electron chi connectivity index (χ3n) is 4.51. The number of nitrogens with one attached hydrogen (secondary N) is 1. The molecule has 0 radical (unpaired) electrons. The number of hydrogen-bond donors (Lipinski definition) is 4. The second-order valence-corrected chi connectivity index (χ2v) is 5.98. The van der Waals surface area contributed by atoms with Gasteiger partial charge in [-0.05, 0) is 12.0 Å². The van der Waals surface area contributed by atoms with Gasteiger partial charge in [0.1, 0.15) is 24.4 Å². The van der Waals surface area contributed by atoms with Gasteiger partial charge in [0.25, 0.3) is 0 Å². The molecule has 1 aromatic carbocycles. The molecule has 9 heteroatoms. The minimum absolute atomic E-state index is 0.150. The van der Waals surface area contributed by atoms with Gasteiger partial charge in [0.05, 0.1) is 6.61 Å². The van der Waals surface area contributed by atoms with E-state index in [1.807, 2.05) is 0 Å². The molecule has 1 unspecified atom stereocenters. The number of rotatable bonds is 6. The van der Waals surface area contributed by atoms with Gasteiger partial charge in [0, 0.05) is 7.05 Å². The Bertz CT molecular complexity index is 640. The molecule has 136 valence electrons. The maximum absolute atomic E-state index is 12.6. The summed E-state index contributed by atoms with van der Waals surface area (Å²) in [6, 6.07) is 7.07. The van der Waals surface area contributed by atoms with Crippen LogP contribution in [0.15, 0.2) is 35.5 Å². The van der Waals surface area contributed by atoms with Crippen molar-refractivity contribution < 1.29 is 24.5 Å². The first kappa shape index (κ1) is 19.0. The molecular weight excluding hydrogens is 330 g/mol. The lowest BCUT2D eigenvalue weighted by molar-refractivity contribution is -0.182. The lowest BCUT2D eigenvalue weighted by Crippen LogP contribution is -2.66. The van der Waals surface area contributed by atoms with Crippen LogP contribution in [0.1, 0.15) is 5.56 Å². The molecule has 1 aliphatic heterocycles. The van der Waals surface area contributed by atoms with Crippen molar-refractivity contribution in [1.29, 1.82) is 0 Å². The molecule has 0 bridgehead atoms. The molecule has 1 fully saturated rings. The Morgan fingerprint density at radius 3 is 2.52 bits per heavy atom. The molecule has 5 atom stereocenters. The zero-order chi connectivity index (χ0) is 18.6. The number of ether oxygens (including phenoxy) is 1. The van der Waals surface area contributed by atoms with Crippen LogP contribution in [0.4, 0.5) is 0 Å². The van der Waals surface area contributed by atoms with Gasteiger partial charge in [-0.15, -0.1) is 0 Å². The predicted octanol–water partition coefficient (Wildman–Crippen LogP) is -1.30. The van der Waals surface area contributed by atoms with E-state index >= 15 is 0 Å². The number of carbonyl (C=O) groups excluding carboxylic acids is 2. The number of carbonyl (C=O) groups is 2. The Kier molecular flexibility index (Phi) is 5.83. The average molecular weight is 351 g/mol. The number of amides is 2. The summed E-state index contributed by atoms with van der Waals surface area (Å²) in [5.74, 6) is -1.77. The van der Waals surface area contributed by atoms with E-state index in [1.54, 1.807) is 30.3 Å². The molecular formula is C16H21N3O6. The van der Waals surface area contributed by atoms with Crippen molar-refractivity contribution in [3.63, 3.8) is 0 Å². The fraction of sp³-hybridized carbons (Fsp3) is 0.500. The molecule has 0 aliphatic carbocycles. The highest BCUT2D eigenvalue weighted by molar-refractivity contribution is 6.05. The third kappa shape index (κ3) is 3.39. The molecule has 5 N–H and O–H groups in total. The summed E-state index contributed by atoms with van der Waals surface area (Å²) in [5, 5.41) is 24.9. The molecule has 0 saturated carbocycles. The zero-order valence-electron chi connectivity index (χ0n) is 13.7. The summed E-state index contributed by atoms with van der Waals surface area (Å²) in [7, 11) is 1.32. The SMILES string of the molecule is CNC(=O)C(Cc1ccccc1)(C(N)=O)[C@@H]1OC[C@@H](O)[C@H](O)[C@H]1N=O. The van der Waals surface area contributed by atoms with E-state index < -0.39 is 41.6 Å². The molecule has 9 nitrogen and oxygen atoms in total. The van der Waals surface area contributed by atoms with Gasteiger partial charge in [0.2, 0.25) is 11.8 Å². The molecule has 1 aliphatic rings. The summed E-state index contributed by atoms with van der Waals surface area (Å²) in [6.07, 6.45) is -4.50. The Hall–Kier alpha value is -2.36. The van der Waals surface area contributed by atoms with Gasteiger partial charge in [-0.2, -0.15) is 4.91 Å². The van der Waals surface area contributed by atoms with Crippen molar-refractivity contribution >= 4 is 11.8 Å². The van der Waals surface area contributed by atoms with E-state index in [2.05, 4.69) is 10.5 Å². The van der Waals surface area contributed by atoms with Crippen LogP contribution in [-0.2, 0) is 20.7 Å². The minimum Gasteiger partial charge on any atom is -0.388 e. The van der Waals surface area contributed by atoms with E-state index in [4.69, 9.17) is 10.5 Å². The number of aliphatic hydroxyl groups excluding tert-OH is 2. The maximum atomic E-state index is 12.6. The minimum atomic E-state index is -1.98. The van der Waals surface area contributed by atoms with Gasteiger partial charge < -0.3 is 26.0 Å². The standard InChI is InChI=1S/C16H21N3O6/c1-18-15(23)16(14(17)22,7-9-5-3-2-4-6-9)13-11(19-24)12(21)10(20)8-25-13/h2-6,10-13,20-21H,7-8H2,1H3,(H2,17,22)(H,18,23)/t10-,11-,12+,13-,16?/m1/s1. The normalized spacial score (nSPS) is 28.6. The van der Waals surface area contributed by atoms with Crippen molar-refractivity contribution in [2.75, 3.05) is 13.7 Å². The van der Waals surface area contributed by atoms with E-state index in [9.17, 15) is 24.7 Å². The molecule has 1 aromatic rings. The number of nitroso groups, excluding NO2 is 1. The summed E-state index contributed by atoms with van der Waals surface area (Å²) in [6.45, 7) is -0.362. The molecule has 0 spiro atoms. The third-order valence-corrected chi connectivity index (χ3v) is 4.51. The van der Waals surface area contributed by atoms with Gasteiger partial charge >= 0.3 is 0 Å². The van der Waals surface area contributed by atoms with Crippen molar-refractivity contribution in [2.24, 2.45) is 16.3 Å². The molecule has 1 heterocycles. The monoisotopic (exact) mass is 351 g/mol. The van der Waals surface area contributed by atoms with Crippen LogP contribution in [0.5, 0.6) is 0 Å². The van der Waals surface area contributed by atoms with Gasteiger partial charge in [-0.25, -0.2) is 0 Å². The Balaban J connectivity index is 2.54. The van der Waals surface area contributed by atoms with Gasteiger partial charge in [0.15, 0.2) is 5.41 Å². The van der Waals surface area contributed by atoms with E-state index in [1.165, 1.54) is 7.05 Å². The largest absolute Gasteiger partial charge is 0.388 e. The highest BCUT2D eigenvalue weighted by Crippen LogP contribution is 2.36. The first-order valence-electron chi connectivity index (χ1n) is 7.74. The molecule has 2 amide bonds. The second-order valence-electron chi connectivity index (χ2n) is 5.98. The van der Waals surface area contributed by atoms with E-state index in [-0.39, 0.29) is 13.0 Å². The predicted molar refractivity (Wildman–Crippen MR) is 87.2 cm³/mol. The van der Waals surface area contributed by atoms with Crippen molar-refractivity contribution in [3.05, 3.63) is 40.8 Å². The number of nitrogens with zero attached hydrogens (tertiary/aromatic N) is 1. The summed E-state index contributed by atoms with van der Waals surface area (Å²) in [5.41, 5.74) is 4.19. The zero-order valence-corrected chi connectivity index (χ0v) is 13.7. The van der Waals surface area contributed by atoms with Crippen molar-refractivity contribution in [2.45, 2.75) is 30.8 Å². The number of benzene rings is 1. The molecule has 0 aromatic heterocycles. The molecule has 1 saturated heterocycles. The van der Waals surface area contributed by atoms with E-state index in [0.717, 1.165) is 0 Å². The average Bonchev–Trinajstić information content (AvgIpc) is 2.62.